The Morgan fingerprint density at radius 1 is 1.23 bits per heavy atom. The lowest BCUT2D eigenvalue weighted by Crippen LogP contribution is -2.24. The molecule has 1 aromatic carbocycles. The summed E-state index contributed by atoms with van der Waals surface area (Å²) in [5.41, 5.74) is 0.951. The van der Waals surface area contributed by atoms with Crippen LogP contribution in [-0.4, -0.2) is 15.7 Å². The van der Waals surface area contributed by atoms with Gasteiger partial charge < -0.3 is 5.32 Å². The predicted molar refractivity (Wildman–Crippen MR) is 74.7 cm³/mol. The molecule has 0 saturated carbocycles. The number of carbonyl (C=O) groups is 1. The summed E-state index contributed by atoms with van der Waals surface area (Å²) in [7, 11) is 0. The van der Waals surface area contributed by atoms with Crippen LogP contribution in [0.15, 0.2) is 18.3 Å². The normalized spacial score (nSPS) is 10.8. The summed E-state index contributed by atoms with van der Waals surface area (Å²) in [4.78, 5) is 12.1. The van der Waals surface area contributed by atoms with Gasteiger partial charge >= 0.3 is 0 Å². The van der Waals surface area contributed by atoms with Gasteiger partial charge in [-0.3, -0.25) is 9.48 Å². The fraction of sp³-hybridized carbons (Fsp3) is 0.333. The fourth-order valence-corrected chi connectivity index (χ4v) is 2.08. The summed E-state index contributed by atoms with van der Waals surface area (Å²) in [6.45, 7) is 4.21. The van der Waals surface area contributed by atoms with E-state index in [1.807, 2.05) is 6.92 Å². The number of rotatable bonds is 5. The van der Waals surface area contributed by atoms with E-state index in [2.05, 4.69) is 10.4 Å². The summed E-state index contributed by atoms with van der Waals surface area (Å²) in [6, 6.07) is 1.19. The van der Waals surface area contributed by atoms with E-state index in [-0.39, 0.29) is 12.1 Å². The maximum atomic E-state index is 13.5. The van der Waals surface area contributed by atoms with E-state index in [1.54, 1.807) is 11.6 Å². The zero-order valence-corrected chi connectivity index (χ0v) is 12.3. The molecule has 0 bridgehead atoms. The quantitative estimate of drug-likeness (QED) is 0.863. The summed E-state index contributed by atoms with van der Waals surface area (Å²) < 4.78 is 41.1. The SMILES string of the molecule is CCCn1ncc(C(=O)NCc2cc(F)c(F)cc2F)c1C. The molecule has 4 nitrogen and oxygen atoms in total. The van der Waals surface area contributed by atoms with Gasteiger partial charge in [0, 0.05) is 30.4 Å². The van der Waals surface area contributed by atoms with Gasteiger partial charge in [-0.05, 0) is 19.4 Å². The van der Waals surface area contributed by atoms with Crippen molar-refractivity contribution >= 4 is 5.91 Å². The van der Waals surface area contributed by atoms with Gasteiger partial charge in [0.2, 0.25) is 0 Å². The number of carbonyl (C=O) groups excluding carboxylic acids is 1. The van der Waals surface area contributed by atoms with Gasteiger partial charge in [0.25, 0.3) is 5.91 Å². The van der Waals surface area contributed by atoms with Crippen molar-refractivity contribution in [3.8, 4) is 0 Å². The molecule has 0 radical (unpaired) electrons. The molecule has 0 atom stereocenters. The molecule has 0 aliphatic rings. The summed E-state index contributed by atoms with van der Waals surface area (Å²) in [6.07, 6.45) is 2.31. The number of aromatic nitrogens is 2. The molecular formula is C15H16F3N3O. The molecule has 0 spiro atoms. The maximum absolute atomic E-state index is 13.5. The molecule has 2 aromatic rings. The Labute approximate surface area is 125 Å². The second-order valence-corrected chi connectivity index (χ2v) is 4.91. The third-order valence-electron chi connectivity index (χ3n) is 3.31. The first kappa shape index (κ1) is 16.1. The van der Waals surface area contributed by atoms with E-state index >= 15 is 0 Å². The van der Waals surface area contributed by atoms with E-state index < -0.39 is 23.4 Å². The lowest BCUT2D eigenvalue weighted by molar-refractivity contribution is 0.0949. The van der Waals surface area contributed by atoms with Crippen LogP contribution < -0.4 is 5.32 Å². The van der Waals surface area contributed by atoms with Crippen molar-refractivity contribution in [2.75, 3.05) is 0 Å². The summed E-state index contributed by atoms with van der Waals surface area (Å²) in [5.74, 6) is -3.76. The zero-order valence-electron chi connectivity index (χ0n) is 12.3. The van der Waals surface area contributed by atoms with Crippen LogP contribution in [0.4, 0.5) is 13.2 Å². The zero-order chi connectivity index (χ0) is 16.3. The van der Waals surface area contributed by atoms with Crippen molar-refractivity contribution in [3.63, 3.8) is 0 Å². The van der Waals surface area contributed by atoms with E-state index in [0.717, 1.165) is 12.5 Å². The molecule has 7 heteroatoms. The van der Waals surface area contributed by atoms with Gasteiger partial charge in [-0.1, -0.05) is 6.92 Å². The molecule has 0 saturated heterocycles. The van der Waals surface area contributed by atoms with Gasteiger partial charge in [-0.2, -0.15) is 5.10 Å². The standard InChI is InChI=1S/C15H16F3N3O/c1-3-4-21-9(2)11(8-20-21)15(22)19-7-10-5-13(17)14(18)6-12(10)16/h5-6,8H,3-4,7H2,1-2H3,(H,19,22). The van der Waals surface area contributed by atoms with Gasteiger partial charge in [0.1, 0.15) is 5.82 Å². The minimum Gasteiger partial charge on any atom is -0.348 e. The molecule has 0 aliphatic heterocycles. The first-order valence-corrected chi connectivity index (χ1v) is 6.88. The number of nitrogens with zero attached hydrogens (tertiary/aromatic N) is 2. The van der Waals surface area contributed by atoms with Crippen LogP contribution in [0.5, 0.6) is 0 Å². The van der Waals surface area contributed by atoms with Crippen molar-refractivity contribution in [1.29, 1.82) is 0 Å². The Hall–Kier alpha value is -2.31. The van der Waals surface area contributed by atoms with Gasteiger partial charge in [0.15, 0.2) is 11.6 Å². The second-order valence-electron chi connectivity index (χ2n) is 4.91. The number of nitrogens with one attached hydrogen (secondary N) is 1. The number of halogens is 3. The average molecular weight is 311 g/mol. The van der Waals surface area contributed by atoms with Crippen LogP contribution >= 0.6 is 0 Å². The van der Waals surface area contributed by atoms with Crippen LogP contribution in [0.3, 0.4) is 0 Å². The molecule has 1 heterocycles. The number of hydrogen-bond acceptors (Lipinski definition) is 2. The van der Waals surface area contributed by atoms with Crippen LogP contribution in [0.1, 0.15) is 35.0 Å². The van der Waals surface area contributed by atoms with Crippen molar-refractivity contribution in [2.24, 2.45) is 0 Å². The van der Waals surface area contributed by atoms with Crippen molar-refractivity contribution in [3.05, 3.63) is 52.6 Å². The Bertz CT molecular complexity index is 698. The van der Waals surface area contributed by atoms with Crippen molar-refractivity contribution in [1.82, 2.24) is 15.1 Å². The maximum Gasteiger partial charge on any atom is 0.255 e. The van der Waals surface area contributed by atoms with Crippen LogP contribution in [0, 0.1) is 24.4 Å². The van der Waals surface area contributed by atoms with E-state index in [9.17, 15) is 18.0 Å². The third kappa shape index (κ3) is 3.29. The van der Waals surface area contributed by atoms with Crippen molar-refractivity contribution < 1.29 is 18.0 Å². The van der Waals surface area contributed by atoms with Crippen LogP contribution in [0.25, 0.3) is 0 Å². The average Bonchev–Trinajstić information content (AvgIpc) is 2.83. The van der Waals surface area contributed by atoms with Gasteiger partial charge in [-0.15, -0.1) is 0 Å². The molecule has 1 amide bonds. The lowest BCUT2D eigenvalue weighted by Gasteiger charge is -2.07. The number of aryl methyl sites for hydroxylation is 1. The molecule has 2 rings (SSSR count). The highest BCUT2D eigenvalue weighted by atomic mass is 19.2. The van der Waals surface area contributed by atoms with E-state index in [4.69, 9.17) is 0 Å². The molecule has 0 fully saturated rings. The molecule has 1 aromatic heterocycles. The fourth-order valence-electron chi connectivity index (χ4n) is 2.08. The molecule has 0 aliphatic carbocycles. The minimum atomic E-state index is -1.26. The first-order valence-electron chi connectivity index (χ1n) is 6.88. The molecule has 118 valence electrons. The predicted octanol–water partition coefficient (Wildman–Crippen LogP) is 2.95. The second kappa shape index (κ2) is 6.64. The Morgan fingerprint density at radius 3 is 2.59 bits per heavy atom. The highest BCUT2D eigenvalue weighted by molar-refractivity contribution is 5.94. The minimum absolute atomic E-state index is 0.120. The summed E-state index contributed by atoms with van der Waals surface area (Å²) in [5, 5.41) is 6.57. The van der Waals surface area contributed by atoms with Crippen LogP contribution in [-0.2, 0) is 13.1 Å². The van der Waals surface area contributed by atoms with Gasteiger partial charge in [0.05, 0.1) is 11.8 Å². The molecule has 1 N–H and O–H groups in total. The highest BCUT2D eigenvalue weighted by Crippen LogP contribution is 2.14. The van der Waals surface area contributed by atoms with E-state index in [1.165, 1.54) is 6.20 Å². The molecule has 22 heavy (non-hydrogen) atoms. The van der Waals surface area contributed by atoms with Gasteiger partial charge in [-0.25, -0.2) is 13.2 Å². The van der Waals surface area contributed by atoms with Crippen molar-refractivity contribution in [2.45, 2.75) is 33.4 Å². The highest BCUT2D eigenvalue weighted by Gasteiger charge is 2.15. The van der Waals surface area contributed by atoms with Crippen LogP contribution in [0.2, 0.25) is 0 Å². The van der Waals surface area contributed by atoms with E-state index in [0.29, 0.717) is 23.9 Å². The smallest absolute Gasteiger partial charge is 0.255 e. The monoisotopic (exact) mass is 311 g/mol. The first-order chi connectivity index (χ1) is 10.4. The third-order valence-corrected chi connectivity index (χ3v) is 3.31. The number of benzene rings is 1. The number of amides is 1. The molecule has 0 unspecified atom stereocenters. The lowest BCUT2D eigenvalue weighted by atomic mass is 10.2. The Balaban J connectivity index is 2.09. The topological polar surface area (TPSA) is 46.9 Å². The molecular weight excluding hydrogens is 295 g/mol. The number of hydrogen-bond donors (Lipinski definition) is 1. The largest absolute Gasteiger partial charge is 0.348 e. The Morgan fingerprint density at radius 2 is 1.91 bits per heavy atom. The Kier molecular flexibility index (Phi) is 4.85. The summed E-state index contributed by atoms with van der Waals surface area (Å²) >= 11 is 0.